The Bertz CT molecular complexity index is 150. The van der Waals surface area contributed by atoms with Gasteiger partial charge in [-0.05, 0) is 6.92 Å². The highest BCUT2D eigenvalue weighted by atomic mass is 16.2. The number of hydrogen-bond donors (Lipinski definition) is 0. The standard InChI is InChI=1S/C5H6BNO2/c1-3-4(8)2-5(9)7(3)6/h3H,2H2,1H3. The number of amides is 1. The minimum Gasteiger partial charge on any atom is -0.387 e. The van der Waals surface area contributed by atoms with Gasteiger partial charge in [0.15, 0.2) is 5.78 Å². The van der Waals surface area contributed by atoms with Crippen LogP contribution in [-0.2, 0) is 9.59 Å². The molecular formula is C5H6BNO2. The Labute approximate surface area is 54.5 Å². The van der Waals surface area contributed by atoms with E-state index in [9.17, 15) is 9.59 Å². The maximum Gasteiger partial charge on any atom is 0.231 e. The fraction of sp³-hybridized carbons (Fsp3) is 0.600. The fourth-order valence-corrected chi connectivity index (χ4v) is 0.759. The molecule has 3 nitrogen and oxygen atoms in total. The molecule has 4 heteroatoms. The lowest BCUT2D eigenvalue weighted by Gasteiger charge is -2.12. The number of carbonyl (C=O) groups excluding carboxylic acids is 2. The van der Waals surface area contributed by atoms with Crippen LogP contribution in [0.5, 0.6) is 0 Å². The first-order valence-electron chi connectivity index (χ1n) is 2.72. The molecule has 0 N–H and O–H groups in total. The number of Topliss-reactive ketones (excluding diaryl/α,β-unsaturated/α-hetero) is 1. The summed E-state index contributed by atoms with van der Waals surface area (Å²) in [6.45, 7) is 1.62. The molecule has 0 saturated carbocycles. The molecule has 0 aromatic carbocycles. The van der Waals surface area contributed by atoms with E-state index in [4.69, 9.17) is 7.98 Å². The average molecular weight is 123 g/mol. The molecule has 1 rings (SSSR count). The maximum atomic E-state index is 10.7. The minimum atomic E-state index is -0.419. The Morgan fingerprint density at radius 2 is 2.22 bits per heavy atom. The van der Waals surface area contributed by atoms with Gasteiger partial charge in [-0.25, -0.2) is 0 Å². The third-order valence-corrected chi connectivity index (χ3v) is 1.50. The minimum absolute atomic E-state index is 0.0301. The maximum absolute atomic E-state index is 10.7. The van der Waals surface area contributed by atoms with Gasteiger partial charge in [0.2, 0.25) is 13.9 Å². The van der Waals surface area contributed by atoms with Gasteiger partial charge >= 0.3 is 0 Å². The summed E-state index contributed by atoms with van der Waals surface area (Å²) in [4.78, 5) is 22.2. The lowest BCUT2D eigenvalue weighted by Crippen LogP contribution is -2.30. The van der Waals surface area contributed by atoms with Crippen LogP contribution >= 0.6 is 0 Å². The van der Waals surface area contributed by atoms with Crippen molar-refractivity contribution in [3.05, 3.63) is 0 Å². The van der Waals surface area contributed by atoms with E-state index in [1.165, 1.54) is 0 Å². The van der Waals surface area contributed by atoms with Crippen molar-refractivity contribution in [1.29, 1.82) is 0 Å². The summed E-state index contributed by atoms with van der Waals surface area (Å²) in [5, 5.41) is 0. The van der Waals surface area contributed by atoms with E-state index in [-0.39, 0.29) is 18.1 Å². The van der Waals surface area contributed by atoms with Gasteiger partial charge in [0.05, 0.1) is 12.5 Å². The average Bonchev–Trinajstić information content (AvgIpc) is 1.98. The van der Waals surface area contributed by atoms with E-state index in [0.717, 1.165) is 4.81 Å². The highest BCUT2D eigenvalue weighted by Crippen LogP contribution is 2.10. The van der Waals surface area contributed by atoms with Crippen LogP contribution in [0.15, 0.2) is 0 Å². The van der Waals surface area contributed by atoms with E-state index in [2.05, 4.69) is 0 Å². The van der Waals surface area contributed by atoms with Crippen molar-refractivity contribution in [3.63, 3.8) is 0 Å². The second kappa shape index (κ2) is 1.86. The first-order chi connectivity index (χ1) is 4.13. The summed E-state index contributed by atoms with van der Waals surface area (Å²) in [6, 6.07) is -0.419. The predicted molar refractivity (Wildman–Crippen MR) is 31.7 cm³/mol. The van der Waals surface area contributed by atoms with Crippen LogP contribution in [0.3, 0.4) is 0 Å². The number of hydrogen-bond acceptors (Lipinski definition) is 2. The van der Waals surface area contributed by atoms with Gasteiger partial charge in [-0.3, -0.25) is 9.59 Å². The lowest BCUT2D eigenvalue weighted by atomic mass is 10.2. The number of nitrogens with zero attached hydrogens (tertiary/aromatic N) is 1. The smallest absolute Gasteiger partial charge is 0.231 e. The Morgan fingerprint density at radius 1 is 1.67 bits per heavy atom. The molecule has 46 valence electrons. The molecule has 1 atom stereocenters. The molecule has 1 aliphatic rings. The van der Waals surface area contributed by atoms with Crippen LogP contribution in [0.2, 0.25) is 0 Å². The zero-order chi connectivity index (χ0) is 7.02. The van der Waals surface area contributed by atoms with Crippen LogP contribution in [0, 0.1) is 0 Å². The largest absolute Gasteiger partial charge is 0.387 e. The summed E-state index contributed by atoms with van der Waals surface area (Å²) in [7, 11) is 5.18. The molecular weight excluding hydrogens is 117 g/mol. The van der Waals surface area contributed by atoms with E-state index < -0.39 is 6.04 Å². The van der Waals surface area contributed by atoms with E-state index >= 15 is 0 Å². The van der Waals surface area contributed by atoms with Crippen molar-refractivity contribution in [2.45, 2.75) is 19.4 Å². The number of carbonyl (C=O) groups is 2. The van der Waals surface area contributed by atoms with Crippen molar-refractivity contribution in [3.8, 4) is 0 Å². The van der Waals surface area contributed by atoms with Crippen molar-refractivity contribution in [2.24, 2.45) is 0 Å². The van der Waals surface area contributed by atoms with Crippen LogP contribution in [0.4, 0.5) is 0 Å². The van der Waals surface area contributed by atoms with Crippen molar-refractivity contribution >= 4 is 19.7 Å². The van der Waals surface area contributed by atoms with Gasteiger partial charge in [-0.15, -0.1) is 0 Å². The van der Waals surface area contributed by atoms with Crippen LogP contribution in [0.1, 0.15) is 13.3 Å². The van der Waals surface area contributed by atoms with Gasteiger partial charge in [0.1, 0.15) is 0 Å². The zero-order valence-corrected chi connectivity index (χ0v) is 5.13. The molecule has 0 aliphatic carbocycles. The summed E-state index contributed by atoms with van der Waals surface area (Å²) in [5.74, 6) is -0.380. The highest BCUT2D eigenvalue weighted by molar-refractivity contribution is 6.23. The normalized spacial score (nSPS) is 27.7. The molecule has 0 aromatic rings. The molecule has 2 radical (unpaired) electrons. The summed E-state index contributed by atoms with van der Waals surface area (Å²) in [5.41, 5.74) is 0. The molecule has 1 heterocycles. The number of ketones is 1. The van der Waals surface area contributed by atoms with E-state index in [0.29, 0.717) is 0 Å². The van der Waals surface area contributed by atoms with Gasteiger partial charge in [-0.1, -0.05) is 0 Å². The molecule has 0 aromatic heterocycles. The molecule has 1 fully saturated rings. The van der Waals surface area contributed by atoms with E-state index in [1.807, 2.05) is 0 Å². The van der Waals surface area contributed by atoms with Gasteiger partial charge in [0.25, 0.3) is 0 Å². The zero-order valence-electron chi connectivity index (χ0n) is 5.13. The molecule has 1 saturated heterocycles. The first kappa shape index (κ1) is 6.33. The topological polar surface area (TPSA) is 37.4 Å². The van der Waals surface area contributed by atoms with Crippen molar-refractivity contribution in [2.75, 3.05) is 0 Å². The fourth-order valence-electron chi connectivity index (χ4n) is 0.759. The molecule has 0 spiro atoms. The quantitative estimate of drug-likeness (QED) is 0.314. The second-order valence-corrected chi connectivity index (χ2v) is 2.12. The summed E-state index contributed by atoms with van der Waals surface area (Å²) in [6.07, 6.45) is -0.0301. The monoisotopic (exact) mass is 123 g/mol. The molecule has 1 amide bonds. The predicted octanol–water partition coefficient (Wildman–Crippen LogP) is -0.740. The van der Waals surface area contributed by atoms with Crippen LogP contribution in [-0.4, -0.2) is 30.5 Å². The molecule has 9 heavy (non-hydrogen) atoms. The molecule has 1 unspecified atom stereocenters. The van der Waals surface area contributed by atoms with Crippen LogP contribution in [0.25, 0.3) is 0 Å². The number of rotatable bonds is 0. The first-order valence-corrected chi connectivity index (χ1v) is 2.72. The second-order valence-electron chi connectivity index (χ2n) is 2.12. The Balaban J connectivity index is 2.77. The van der Waals surface area contributed by atoms with E-state index in [1.54, 1.807) is 6.92 Å². The van der Waals surface area contributed by atoms with Crippen molar-refractivity contribution < 1.29 is 9.59 Å². The van der Waals surface area contributed by atoms with Crippen LogP contribution < -0.4 is 0 Å². The third kappa shape index (κ3) is 0.844. The Kier molecular flexibility index (Phi) is 1.31. The van der Waals surface area contributed by atoms with Gasteiger partial charge in [-0.2, -0.15) is 0 Å². The highest BCUT2D eigenvalue weighted by Gasteiger charge is 2.30. The Hall–Kier alpha value is -0.795. The summed E-state index contributed by atoms with van der Waals surface area (Å²) < 4.78 is 0. The van der Waals surface area contributed by atoms with Gasteiger partial charge in [0, 0.05) is 0 Å². The molecule has 0 bridgehead atoms. The third-order valence-electron chi connectivity index (χ3n) is 1.50. The van der Waals surface area contributed by atoms with Gasteiger partial charge < -0.3 is 4.81 Å². The van der Waals surface area contributed by atoms with Crippen molar-refractivity contribution in [1.82, 2.24) is 4.81 Å². The SMILES string of the molecule is [B]N1C(=O)CC(=O)C1C. The summed E-state index contributed by atoms with van der Waals surface area (Å²) >= 11 is 0. The Morgan fingerprint density at radius 3 is 2.33 bits per heavy atom. The lowest BCUT2D eigenvalue weighted by molar-refractivity contribution is -0.124. The molecule has 1 aliphatic heterocycles.